The molecule has 0 spiro atoms. The minimum atomic E-state index is 0.279. The zero-order valence-corrected chi connectivity index (χ0v) is 16.8. The number of thiazole rings is 1. The van der Waals surface area contributed by atoms with Crippen LogP contribution in [0.15, 0.2) is 17.0 Å². The third kappa shape index (κ3) is 2.23. The van der Waals surface area contributed by atoms with Crippen LogP contribution < -0.4 is 5.73 Å². The Bertz CT molecular complexity index is 783. The van der Waals surface area contributed by atoms with Crippen molar-refractivity contribution in [3.05, 3.63) is 22.7 Å². The molecule has 4 aliphatic rings. The van der Waals surface area contributed by atoms with Gasteiger partial charge >= 0.3 is 0 Å². The minimum Gasteiger partial charge on any atom is -0.375 e. The van der Waals surface area contributed by atoms with Crippen molar-refractivity contribution in [1.29, 1.82) is 0 Å². The average molecular weight is 371 g/mol. The predicted octanol–water partition coefficient (Wildman–Crippen LogP) is 5.34. The third-order valence-corrected chi connectivity index (χ3v) is 9.55. The van der Waals surface area contributed by atoms with Gasteiger partial charge in [-0.25, -0.2) is 4.98 Å². The number of rotatable bonds is 1. The fourth-order valence-electron chi connectivity index (χ4n) is 7.51. The highest BCUT2D eigenvalue weighted by Gasteiger charge is 2.59. The van der Waals surface area contributed by atoms with Crippen LogP contribution in [0.1, 0.15) is 76.8 Å². The second kappa shape index (κ2) is 5.67. The van der Waals surface area contributed by atoms with E-state index >= 15 is 0 Å². The Hall–Kier alpha value is -1.16. The van der Waals surface area contributed by atoms with Gasteiger partial charge < -0.3 is 5.73 Å². The number of fused-ring (bicyclic) bond motifs is 5. The molecule has 3 fully saturated rings. The Labute approximate surface area is 160 Å². The van der Waals surface area contributed by atoms with Gasteiger partial charge in [0, 0.05) is 17.7 Å². The maximum absolute atomic E-state index is 12.0. The fraction of sp³-hybridized carbons (Fsp3) is 0.727. The van der Waals surface area contributed by atoms with E-state index in [9.17, 15) is 4.79 Å². The van der Waals surface area contributed by atoms with Crippen molar-refractivity contribution >= 4 is 22.3 Å². The molecule has 0 saturated heterocycles. The summed E-state index contributed by atoms with van der Waals surface area (Å²) < 4.78 is 0. The first-order valence-electron chi connectivity index (χ1n) is 10.4. The van der Waals surface area contributed by atoms with Crippen LogP contribution >= 0.6 is 11.3 Å². The number of hydrogen-bond acceptors (Lipinski definition) is 4. The number of hydrogen-bond donors (Lipinski definition) is 1. The van der Waals surface area contributed by atoms with Crippen molar-refractivity contribution in [3.8, 4) is 0 Å². The zero-order valence-electron chi connectivity index (χ0n) is 16.0. The van der Waals surface area contributed by atoms with Gasteiger partial charge in [0.05, 0.1) is 5.69 Å². The number of nitrogens with zero attached hydrogens (tertiary/aromatic N) is 1. The molecule has 1 aromatic heterocycles. The largest absolute Gasteiger partial charge is 0.375 e. The smallest absolute Gasteiger partial charge is 0.180 e. The first-order chi connectivity index (χ1) is 12.4. The van der Waals surface area contributed by atoms with Crippen molar-refractivity contribution in [2.45, 2.75) is 71.1 Å². The Kier molecular flexibility index (Phi) is 3.70. The predicted molar refractivity (Wildman–Crippen MR) is 106 cm³/mol. The molecule has 1 aromatic rings. The summed E-state index contributed by atoms with van der Waals surface area (Å²) >= 11 is 1.59. The molecule has 0 amide bonds. The fourth-order valence-corrected chi connectivity index (χ4v) is 8.12. The van der Waals surface area contributed by atoms with Crippen LogP contribution in [0, 0.1) is 28.6 Å². The van der Waals surface area contributed by atoms with E-state index in [1.54, 1.807) is 11.3 Å². The second-order valence-corrected chi connectivity index (χ2v) is 10.6. The summed E-state index contributed by atoms with van der Waals surface area (Å²) in [4.78, 5) is 16.6. The van der Waals surface area contributed by atoms with Crippen molar-refractivity contribution in [2.24, 2.45) is 28.6 Å². The maximum Gasteiger partial charge on any atom is 0.180 e. The molecule has 26 heavy (non-hydrogen) atoms. The Morgan fingerprint density at radius 3 is 2.73 bits per heavy atom. The molecular weight excluding hydrogens is 340 g/mol. The van der Waals surface area contributed by atoms with E-state index in [4.69, 9.17) is 5.73 Å². The molecule has 2 N–H and O–H groups in total. The SMILES string of the molecule is C[C@]12CC[C@H]3[C@@H](CCC4=CC(=O)CC[C@@]43C)[C@@H]1CC[C@H]2c1csc(N)n1. The highest BCUT2D eigenvalue weighted by atomic mass is 32.1. The second-order valence-electron chi connectivity index (χ2n) is 9.75. The Morgan fingerprint density at radius 2 is 1.96 bits per heavy atom. The summed E-state index contributed by atoms with van der Waals surface area (Å²) in [7, 11) is 0. The molecule has 0 bridgehead atoms. The van der Waals surface area contributed by atoms with E-state index in [2.05, 4.69) is 24.2 Å². The monoisotopic (exact) mass is 370 g/mol. The molecule has 3 nitrogen and oxygen atoms in total. The van der Waals surface area contributed by atoms with Gasteiger partial charge in [-0.15, -0.1) is 11.3 Å². The Morgan fingerprint density at radius 1 is 1.12 bits per heavy atom. The molecule has 0 unspecified atom stereocenters. The van der Waals surface area contributed by atoms with Gasteiger partial charge in [-0.1, -0.05) is 19.4 Å². The van der Waals surface area contributed by atoms with E-state index < -0.39 is 0 Å². The lowest BCUT2D eigenvalue weighted by Crippen LogP contribution is -2.50. The summed E-state index contributed by atoms with van der Waals surface area (Å²) in [5, 5.41) is 2.92. The van der Waals surface area contributed by atoms with E-state index in [-0.39, 0.29) is 5.41 Å². The molecule has 0 aliphatic heterocycles. The molecule has 0 radical (unpaired) electrons. The van der Waals surface area contributed by atoms with Crippen LogP contribution in [-0.2, 0) is 4.79 Å². The van der Waals surface area contributed by atoms with E-state index in [1.807, 2.05) is 6.08 Å². The lowest BCUT2D eigenvalue weighted by molar-refractivity contribution is -0.117. The van der Waals surface area contributed by atoms with Crippen LogP contribution in [0.5, 0.6) is 0 Å². The first kappa shape index (κ1) is 17.0. The van der Waals surface area contributed by atoms with Crippen molar-refractivity contribution in [3.63, 3.8) is 0 Å². The summed E-state index contributed by atoms with van der Waals surface area (Å²) in [5.41, 5.74) is 9.32. The summed E-state index contributed by atoms with van der Waals surface area (Å²) in [6.45, 7) is 5.01. The summed E-state index contributed by atoms with van der Waals surface area (Å²) in [6.07, 6.45) is 11.5. The normalized spacial score (nSPS) is 44.8. The lowest BCUT2D eigenvalue weighted by atomic mass is 9.47. The van der Waals surface area contributed by atoms with Gasteiger partial charge in [0.1, 0.15) is 0 Å². The molecule has 6 atom stereocenters. The number of nitrogens with two attached hydrogens (primary N) is 1. The van der Waals surface area contributed by atoms with E-state index in [0.29, 0.717) is 22.2 Å². The number of carbonyl (C=O) groups excluding carboxylic acids is 1. The van der Waals surface area contributed by atoms with Crippen molar-refractivity contribution in [2.75, 3.05) is 5.73 Å². The average Bonchev–Trinajstić information content (AvgIpc) is 3.18. The highest BCUT2D eigenvalue weighted by Crippen LogP contribution is 2.68. The van der Waals surface area contributed by atoms with Gasteiger partial charge in [-0.3, -0.25) is 4.79 Å². The standard InChI is InChI=1S/C22H30N2OS/c1-21-9-7-14(25)11-13(21)3-4-15-16-5-6-18(19-12-26-20(23)24-19)22(16,2)10-8-17(15)21/h11-12,15-18H,3-10H2,1-2H3,(H2,23,24)/t15-,16-,17-,18-,21-,22-/m0/s1. The number of nitrogen functional groups attached to an aromatic ring is 1. The molecule has 3 saturated carbocycles. The van der Waals surface area contributed by atoms with Crippen LogP contribution in [0.4, 0.5) is 5.13 Å². The molecule has 1 heterocycles. The summed E-state index contributed by atoms with van der Waals surface area (Å²) in [5.74, 6) is 3.35. The zero-order chi connectivity index (χ0) is 18.1. The summed E-state index contributed by atoms with van der Waals surface area (Å²) in [6, 6.07) is 0. The quantitative estimate of drug-likeness (QED) is 0.726. The van der Waals surface area contributed by atoms with Crippen molar-refractivity contribution in [1.82, 2.24) is 4.98 Å². The van der Waals surface area contributed by atoms with Crippen molar-refractivity contribution < 1.29 is 4.79 Å². The Balaban J connectivity index is 1.47. The minimum absolute atomic E-state index is 0.279. The molecular formula is C22H30N2OS. The molecule has 4 heteroatoms. The molecule has 4 aliphatic carbocycles. The molecule has 0 aromatic carbocycles. The number of aromatic nitrogens is 1. The number of ketones is 1. The number of carbonyl (C=O) groups is 1. The first-order valence-corrected chi connectivity index (χ1v) is 11.2. The van der Waals surface area contributed by atoms with Gasteiger partial charge in [0.25, 0.3) is 0 Å². The van der Waals surface area contributed by atoms with Gasteiger partial charge in [-0.2, -0.15) is 0 Å². The lowest BCUT2D eigenvalue weighted by Gasteiger charge is -2.58. The molecule has 5 rings (SSSR count). The topological polar surface area (TPSA) is 56.0 Å². The maximum atomic E-state index is 12.0. The van der Waals surface area contributed by atoms with Crippen LogP contribution in [-0.4, -0.2) is 10.8 Å². The van der Waals surface area contributed by atoms with E-state index in [0.717, 1.165) is 37.0 Å². The van der Waals surface area contributed by atoms with Crippen LogP contribution in [0.25, 0.3) is 0 Å². The van der Waals surface area contributed by atoms with Crippen LogP contribution in [0.3, 0.4) is 0 Å². The van der Waals surface area contributed by atoms with Gasteiger partial charge in [-0.05, 0) is 79.6 Å². The van der Waals surface area contributed by atoms with Gasteiger partial charge in [0.15, 0.2) is 10.9 Å². The molecule has 140 valence electrons. The van der Waals surface area contributed by atoms with E-state index in [1.165, 1.54) is 43.4 Å². The number of allylic oxidation sites excluding steroid dienone is 1. The van der Waals surface area contributed by atoms with Crippen LogP contribution in [0.2, 0.25) is 0 Å². The highest BCUT2D eigenvalue weighted by molar-refractivity contribution is 7.13. The third-order valence-electron chi connectivity index (χ3n) is 8.86. The van der Waals surface area contributed by atoms with Gasteiger partial charge in [0.2, 0.25) is 0 Å². The number of anilines is 1.